The van der Waals surface area contributed by atoms with Crippen molar-refractivity contribution in [3.05, 3.63) is 82.1 Å². The van der Waals surface area contributed by atoms with E-state index in [2.05, 4.69) is 4.98 Å². The number of amides is 2. The topological polar surface area (TPSA) is 136 Å². The van der Waals surface area contributed by atoms with Gasteiger partial charge in [0.05, 0.1) is 11.4 Å². The van der Waals surface area contributed by atoms with Gasteiger partial charge < -0.3 is 10.6 Å². The molecule has 4 aromatic rings. The van der Waals surface area contributed by atoms with Gasteiger partial charge in [-0.05, 0) is 56.2 Å². The van der Waals surface area contributed by atoms with Crippen LogP contribution in [0.5, 0.6) is 0 Å². The van der Waals surface area contributed by atoms with Crippen molar-refractivity contribution in [2.75, 3.05) is 11.4 Å². The van der Waals surface area contributed by atoms with E-state index in [9.17, 15) is 22.8 Å². The zero-order chi connectivity index (χ0) is 28.8. The molecule has 2 unspecified atom stereocenters. The number of rotatable bonds is 7. The second-order valence-electron chi connectivity index (χ2n) is 9.20. The van der Waals surface area contributed by atoms with Crippen molar-refractivity contribution >= 4 is 60.7 Å². The predicted molar refractivity (Wildman–Crippen MR) is 150 cm³/mol. The number of carbonyl (C=O) groups excluding carboxylic acids is 2. The molecule has 1 aromatic carbocycles. The van der Waals surface area contributed by atoms with Crippen LogP contribution >= 0.6 is 22.9 Å². The van der Waals surface area contributed by atoms with E-state index in [1.54, 1.807) is 18.2 Å². The third kappa shape index (κ3) is 5.01. The quantitative estimate of drug-likeness (QED) is 0.322. The molecule has 2 amide bonds. The van der Waals surface area contributed by atoms with Gasteiger partial charge >= 0.3 is 0 Å². The van der Waals surface area contributed by atoms with E-state index in [1.807, 2.05) is 0 Å². The highest BCUT2D eigenvalue weighted by atomic mass is 35.5. The van der Waals surface area contributed by atoms with Crippen LogP contribution in [-0.2, 0) is 19.6 Å². The molecule has 0 saturated carbocycles. The summed E-state index contributed by atoms with van der Waals surface area (Å²) < 4.78 is 45.1. The molecule has 2 N–H and O–H groups in total. The van der Waals surface area contributed by atoms with Gasteiger partial charge in [-0.3, -0.25) is 19.0 Å². The molecule has 2 atom stereocenters. The second-order valence-corrected chi connectivity index (χ2v) is 12.7. The van der Waals surface area contributed by atoms with Crippen LogP contribution in [0.3, 0.4) is 0 Å². The standard InChI is InChI=1S/C26H23ClFN5O5S2/c1-15(24(29)35)33(40(37,38)23-13-16-7-10-21(27)30-25(16)39-23)20-5-4-12-32(26(20)36)19-9-8-17(14-18(19)28)31-11-3-2-6-22(31)34/h2-3,6-11,13-15,20H,4-5,12H2,1H3,(H2,29,35). The summed E-state index contributed by atoms with van der Waals surface area (Å²) in [4.78, 5) is 43.9. The molecule has 4 heterocycles. The van der Waals surface area contributed by atoms with Crippen LogP contribution in [0.15, 0.2) is 69.8 Å². The molecule has 0 aliphatic carbocycles. The fourth-order valence-corrected chi connectivity index (χ4v) is 8.12. The number of primary amides is 1. The maximum absolute atomic E-state index is 15.4. The van der Waals surface area contributed by atoms with Gasteiger partial charge in [-0.1, -0.05) is 17.7 Å². The molecule has 0 spiro atoms. The van der Waals surface area contributed by atoms with Crippen LogP contribution in [-0.4, -0.2) is 52.7 Å². The van der Waals surface area contributed by atoms with E-state index in [0.29, 0.717) is 16.6 Å². The van der Waals surface area contributed by atoms with E-state index >= 15 is 4.39 Å². The smallest absolute Gasteiger partial charge is 0.255 e. The number of thiophene rings is 1. The molecule has 3 aromatic heterocycles. The summed E-state index contributed by atoms with van der Waals surface area (Å²) in [6.45, 7) is 1.43. The number of benzene rings is 1. The number of piperidine rings is 1. The lowest BCUT2D eigenvalue weighted by Crippen LogP contribution is -2.59. The molecule has 208 valence electrons. The Morgan fingerprint density at radius 2 is 1.98 bits per heavy atom. The SMILES string of the molecule is CC(C(N)=O)N(C1CCCN(c2ccc(-n3ccccc3=O)cc2F)C1=O)S(=O)(=O)c1cc2ccc(Cl)nc2s1. The van der Waals surface area contributed by atoms with Crippen LogP contribution in [0.25, 0.3) is 15.9 Å². The number of hydrogen-bond donors (Lipinski definition) is 1. The monoisotopic (exact) mass is 603 g/mol. The van der Waals surface area contributed by atoms with Crippen LogP contribution in [0.4, 0.5) is 10.1 Å². The Labute approximate surface area is 237 Å². The number of fused-ring (bicyclic) bond motifs is 1. The number of nitrogens with two attached hydrogens (primary N) is 1. The minimum absolute atomic E-state index is 0.0767. The molecule has 0 bridgehead atoms. The molecule has 0 radical (unpaired) electrons. The van der Waals surface area contributed by atoms with Crippen LogP contribution in [0.2, 0.25) is 5.15 Å². The van der Waals surface area contributed by atoms with E-state index in [1.165, 1.54) is 48.0 Å². The summed E-state index contributed by atoms with van der Waals surface area (Å²) in [6.07, 6.45) is 1.92. The maximum Gasteiger partial charge on any atom is 0.255 e. The van der Waals surface area contributed by atoms with E-state index in [4.69, 9.17) is 17.3 Å². The molecule has 14 heteroatoms. The van der Waals surface area contributed by atoms with Crippen molar-refractivity contribution in [2.24, 2.45) is 5.73 Å². The average Bonchev–Trinajstić information content (AvgIpc) is 3.34. The van der Waals surface area contributed by atoms with E-state index in [-0.39, 0.29) is 39.3 Å². The number of pyridine rings is 2. The molecule has 10 nitrogen and oxygen atoms in total. The van der Waals surface area contributed by atoms with E-state index < -0.39 is 39.7 Å². The van der Waals surface area contributed by atoms with Crippen molar-refractivity contribution < 1.29 is 22.4 Å². The molecule has 40 heavy (non-hydrogen) atoms. The third-order valence-electron chi connectivity index (χ3n) is 6.69. The van der Waals surface area contributed by atoms with Gasteiger partial charge in [0.25, 0.3) is 15.6 Å². The average molecular weight is 604 g/mol. The number of carbonyl (C=O) groups is 2. The summed E-state index contributed by atoms with van der Waals surface area (Å²) in [5.74, 6) is -2.42. The minimum Gasteiger partial charge on any atom is -0.368 e. The van der Waals surface area contributed by atoms with Crippen molar-refractivity contribution in [1.29, 1.82) is 0 Å². The number of nitrogens with zero attached hydrogens (tertiary/aromatic N) is 4. The van der Waals surface area contributed by atoms with Gasteiger partial charge in [0.2, 0.25) is 11.8 Å². The van der Waals surface area contributed by atoms with Crippen molar-refractivity contribution in [2.45, 2.75) is 36.1 Å². The molecular weight excluding hydrogens is 581 g/mol. The highest BCUT2D eigenvalue weighted by Gasteiger charge is 2.45. The van der Waals surface area contributed by atoms with Crippen molar-refractivity contribution in [1.82, 2.24) is 13.9 Å². The molecule has 1 aliphatic heterocycles. The molecule has 1 saturated heterocycles. The highest BCUT2D eigenvalue weighted by molar-refractivity contribution is 7.91. The lowest BCUT2D eigenvalue weighted by molar-refractivity contribution is -0.127. The lowest BCUT2D eigenvalue weighted by atomic mass is 10.0. The fraction of sp³-hybridized carbons (Fsp3) is 0.231. The Morgan fingerprint density at radius 1 is 1.20 bits per heavy atom. The first-order chi connectivity index (χ1) is 19.0. The first-order valence-electron chi connectivity index (χ1n) is 12.2. The largest absolute Gasteiger partial charge is 0.368 e. The first-order valence-corrected chi connectivity index (χ1v) is 14.8. The van der Waals surface area contributed by atoms with E-state index in [0.717, 1.165) is 26.6 Å². The zero-order valence-corrected chi connectivity index (χ0v) is 23.4. The summed E-state index contributed by atoms with van der Waals surface area (Å²) >= 11 is 6.81. The Hall–Kier alpha value is -3.65. The fourth-order valence-electron chi connectivity index (χ4n) is 4.71. The van der Waals surface area contributed by atoms with Crippen LogP contribution in [0.1, 0.15) is 19.8 Å². The van der Waals surface area contributed by atoms with Gasteiger partial charge in [0, 0.05) is 30.3 Å². The van der Waals surface area contributed by atoms with Gasteiger partial charge in [-0.2, -0.15) is 4.31 Å². The first kappa shape index (κ1) is 27.9. The Balaban J connectivity index is 1.52. The number of sulfonamides is 1. The molecule has 1 fully saturated rings. The normalized spacial score (nSPS) is 16.9. The zero-order valence-electron chi connectivity index (χ0n) is 21.0. The lowest BCUT2D eigenvalue weighted by Gasteiger charge is -2.39. The Morgan fingerprint density at radius 3 is 2.67 bits per heavy atom. The van der Waals surface area contributed by atoms with Crippen LogP contribution < -0.4 is 16.2 Å². The summed E-state index contributed by atoms with van der Waals surface area (Å²) in [5.41, 5.74) is 5.36. The van der Waals surface area contributed by atoms with Gasteiger partial charge in [-0.15, -0.1) is 11.3 Å². The summed E-state index contributed by atoms with van der Waals surface area (Å²) in [5, 5.41) is 0.708. The molecule has 5 rings (SSSR count). The highest BCUT2D eigenvalue weighted by Crippen LogP contribution is 2.35. The molecular formula is C26H23ClFN5O5S2. The van der Waals surface area contributed by atoms with Gasteiger partial charge in [0.15, 0.2) is 0 Å². The predicted octanol–water partition coefficient (Wildman–Crippen LogP) is 3.30. The number of halogens is 2. The number of hydrogen-bond acceptors (Lipinski definition) is 7. The molecule has 1 aliphatic rings. The Kier molecular flexibility index (Phi) is 7.48. The second kappa shape index (κ2) is 10.7. The maximum atomic E-state index is 15.4. The minimum atomic E-state index is -4.43. The van der Waals surface area contributed by atoms with Crippen molar-refractivity contribution in [3.63, 3.8) is 0 Å². The number of anilines is 1. The summed E-state index contributed by atoms with van der Waals surface area (Å²) in [7, 11) is -4.43. The van der Waals surface area contributed by atoms with Gasteiger partial charge in [0.1, 0.15) is 32.1 Å². The Bertz CT molecular complexity index is 1810. The van der Waals surface area contributed by atoms with Crippen LogP contribution in [0, 0.1) is 5.82 Å². The summed E-state index contributed by atoms with van der Waals surface area (Å²) in [6, 6.07) is 10.3. The van der Waals surface area contributed by atoms with Crippen molar-refractivity contribution in [3.8, 4) is 5.69 Å². The third-order valence-corrected chi connectivity index (χ3v) is 10.4. The number of aromatic nitrogens is 2. The van der Waals surface area contributed by atoms with Gasteiger partial charge in [-0.25, -0.2) is 17.8 Å².